The molecule has 0 radical (unpaired) electrons. The number of pyridine rings is 1. The quantitative estimate of drug-likeness (QED) is 0.783. The van der Waals surface area contributed by atoms with E-state index in [9.17, 15) is 9.59 Å². The van der Waals surface area contributed by atoms with Crippen molar-refractivity contribution in [2.75, 3.05) is 25.6 Å². The second-order valence-electron chi connectivity index (χ2n) is 6.05. The summed E-state index contributed by atoms with van der Waals surface area (Å²) >= 11 is 0. The molecule has 1 fully saturated rings. The van der Waals surface area contributed by atoms with Gasteiger partial charge < -0.3 is 14.5 Å². The predicted molar refractivity (Wildman–Crippen MR) is 94.2 cm³/mol. The summed E-state index contributed by atoms with van der Waals surface area (Å²) in [4.78, 5) is 32.8. The van der Waals surface area contributed by atoms with E-state index in [0.717, 1.165) is 11.4 Å². The summed E-state index contributed by atoms with van der Waals surface area (Å²) < 4.78 is 5.17. The molecule has 2 heterocycles. The summed E-state index contributed by atoms with van der Waals surface area (Å²) in [6, 6.07) is 13.0. The number of benzene rings is 1. The molecule has 1 aliphatic heterocycles. The maximum absolute atomic E-state index is 12.7. The van der Waals surface area contributed by atoms with Gasteiger partial charge in [-0.3, -0.25) is 14.6 Å². The van der Waals surface area contributed by atoms with E-state index in [4.69, 9.17) is 4.74 Å². The van der Waals surface area contributed by atoms with Gasteiger partial charge in [-0.05, 0) is 24.6 Å². The van der Waals surface area contributed by atoms with Crippen molar-refractivity contribution >= 4 is 17.5 Å². The Morgan fingerprint density at radius 1 is 1.32 bits per heavy atom. The van der Waals surface area contributed by atoms with Crippen LogP contribution in [-0.4, -0.2) is 42.4 Å². The van der Waals surface area contributed by atoms with Crippen LogP contribution in [0.4, 0.5) is 5.69 Å². The van der Waals surface area contributed by atoms with Crippen molar-refractivity contribution < 1.29 is 14.3 Å². The summed E-state index contributed by atoms with van der Waals surface area (Å²) in [5.41, 5.74) is 1.56. The minimum Gasteiger partial charge on any atom is -0.497 e. The average molecular weight is 339 g/mol. The van der Waals surface area contributed by atoms with Crippen LogP contribution < -0.4 is 9.64 Å². The highest BCUT2D eigenvalue weighted by Crippen LogP contribution is 2.26. The summed E-state index contributed by atoms with van der Waals surface area (Å²) in [5, 5.41) is 0. The number of amides is 2. The summed E-state index contributed by atoms with van der Waals surface area (Å²) in [5.74, 6) is -0.247. The van der Waals surface area contributed by atoms with E-state index in [1.165, 1.54) is 0 Å². The Balaban J connectivity index is 1.67. The first-order valence-corrected chi connectivity index (χ1v) is 8.20. The van der Waals surface area contributed by atoms with Crippen LogP contribution >= 0.6 is 0 Å². The SMILES string of the molecule is COc1ccnc(CN(C)C(=O)C2CCN(c3ccccc3)C2=O)c1. The Labute approximate surface area is 147 Å². The number of anilines is 1. The zero-order valence-corrected chi connectivity index (χ0v) is 14.4. The van der Waals surface area contributed by atoms with E-state index in [1.807, 2.05) is 30.3 Å². The van der Waals surface area contributed by atoms with Crippen molar-refractivity contribution in [2.45, 2.75) is 13.0 Å². The lowest BCUT2D eigenvalue weighted by molar-refractivity contribution is -0.139. The van der Waals surface area contributed by atoms with Crippen molar-refractivity contribution in [2.24, 2.45) is 5.92 Å². The minimum absolute atomic E-state index is 0.137. The Hall–Kier alpha value is -2.89. The molecule has 0 saturated carbocycles. The van der Waals surface area contributed by atoms with Crippen LogP contribution in [0.2, 0.25) is 0 Å². The van der Waals surface area contributed by atoms with Crippen LogP contribution in [0.5, 0.6) is 5.75 Å². The molecule has 1 aliphatic rings. The molecule has 1 aromatic heterocycles. The average Bonchev–Trinajstić information content (AvgIpc) is 3.03. The van der Waals surface area contributed by atoms with E-state index >= 15 is 0 Å². The molecule has 1 unspecified atom stereocenters. The smallest absolute Gasteiger partial charge is 0.239 e. The molecule has 6 heteroatoms. The molecule has 25 heavy (non-hydrogen) atoms. The van der Waals surface area contributed by atoms with Crippen LogP contribution in [0.3, 0.4) is 0 Å². The van der Waals surface area contributed by atoms with Gasteiger partial charge in [0.25, 0.3) is 0 Å². The minimum atomic E-state index is -0.629. The standard InChI is InChI=1S/C19H21N3O3/c1-21(13-14-12-16(25-2)8-10-20-14)18(23)17-9-11-22(19(17)24)15-6-4-3-5-7-15/h3-8,10,12,17H,9,11,13H2,1-2H3. The van der Waals surface area contributed by atoms with Gasteiger partial charge in [-0.15, -0.1) is 0 Å². The molecule has 6 nitrogen and oxygen atoms in total. The van der Waals surface area contributed by atoms with E-state index in [0.29, 0.717) is 25.3 Å². The fourth-order valence-corrected chi connectivity index (χ4v) is 3.03. The van der Waals surface area contributed by atoms with E-state index in [1.54, 1.807) is 42.3 Å². The number of methoxy groups -OCH3 is 1. The van der Waals surface area contributed by atoms with Crippen LogP contribution in [-0.2, 0) is 16.1 Å². The number of rotatable bonds is 5. The van der Waals surface area contributed by atoms with Gasteiger partial charge in [0.15, 0.2) is 0 Å². The topological polar surface area (TPSA) is 62.7 Å². The molecular formula is C19H21N3O3. The van der Waals surface area contributed by atoms with Gasteiger partial charge in [-0.25, -0.2) is 0 Å². The summed E-state index contributed by atoms with van der Waals surface area (Å²) in [7, 11) is 3.28. The molecule has 0 N–H and O–H groups in total. The molecule has 0 bridgehead atoms. The van der Waals surface area contributed by atoms with Gasteiger partial charge in [0.2, 0.25) is 11.8 Å². The Morgan fingerprint density at radius 3 is 2.80 bits per heavy atom. The zero-order valence-electron chi connectivity index (χ0n) is 14.4. The fraction of sp³-hybridized carbons (Fsp3) is 0.316. The lowest BCUT2D eigenvalue weighted by Gasteiger charge is -2.21. The van der Waals surface area contributed by atoms with Gasteiger partial charge >= 0.3 is 0 Å². The first-order chi connectivity index (χ1) is 12.1. The predicted octanol–water partition coefficient (Wildman–Crippen LogP) is 2.10. The molecule has 2 aromatic rings. The third-order valence-corrected chi connectivity index (χ3v) is 4.37. The van der Waals surface area contributed by atoms with Gasteiger partial charge in [0.05, 0.1) is 19.3 Å². The molecule has 1 aromatic carbocycles. The van der Waals surface area contributed by atoms with Crippen LogP contribution in [0.15, 0.2) is 48.7 Å². The van der Waals surface area contributed by atoms with Crippen molar-refractivity contribution in [1.29, 1.82) is 0 Å². The number of aromatic nitrogens is 1. The maximum Gasteiger partial charge on any atom is 0.239 e. The van der Waals surface area contributed by atoms with Gasteiger partial charge in [0, 0.05) is 31.5 Å². The van der Waals surface area contributed by atoms with Crippen LogP contribution in [0.1, 0.15) is 12.1 Å². The maximum atomic E-state index is 12.7. The summed E-state index contributed by atoms with van der Waals surface area (Å²) in [6.45, 7) is 0.898. The van der Waals surface area contributed by atoms with Crippen molar-refractivity contribution in [3.8, 4) is 5.75 Å². The van der Waals surface area contributed by atoms with Crippen molar-refractivity contribution in [1.82, 2.24) is 9.88 Å². The monoisotopic (exact) mass is 339 g/mol. The molecule has 1 atom stereocenters. The van der Waals surface area contributed by atoms with E-state index < -0.39 is 5.92 Å². The third-order valence-electron chi connectivity index (χ3n) is 4.37. The molecule has 1 saturated heterocycles. The molecule has 0 spiro atoms. The first-order valence-electron chi connectivity index (χ1n) is 8.20. The first kappa shape index (κ1) is 17.0. The van der Waals surface area contributed by atoms with Crippen molar-refractivity contribution in [3.63, 3.8) is 0 Å². The number of hydrogen-bond acceptors (Lipinski definition) is 4. The number of nitrogens with zero attached hydrogens (tertiary/aromatic N) is 3. The molecule has 130 valence electrons. The number of para-hydroxylation sites is 1. The van der Waals surface area contributed by atoms with Crippen molar-refractivity contribution in [3.05, 3.63) is 54.4 Å². The van der Waals surface area contributed by atoms with Gasteiger partial charge in [-0.2, -0.15) is 0 Å². The van der Waals surface area contributed by atoms with Crippen LogP contribution in [0, 0.1) is 5.92 Å². The Morgan fingerprint density at radius 2 is 2.08 bits per heavy atom. The Kier molecular flexibility index (Phi) is 4.97. The van der Waals surface area contributed by atoms with E-state index in [2.05, 4.69) is 4.98 Å². The van der Waals surface area contributed by atoms with Crippen LogP contribution in [0.25, 0.3) is 0 Å². The number of carbonyl (C=O) groups excluding carboxylic acids is 2. The molecule has 0 aliphatic carbocycles. The molecular weight excluding hydrogens is 318 g/mol. The second kappa shape index (κ2) is 7.34. The third kappa shape index (κ3) is 3.63. The highest BCUT2D eigenvalue weighted by atomic mass is 16.5. The van der Waals surface area contributed by atoms with Gasteiger partial charge in [0.1, 0.15) is 11.7 Å². The number of carbonyl (C=O) groups is 2. The van der Waals surface area contributed by atoms with Gasteiger partial charge in [-0.1, -0.05) is 18.2 Å². The number of hydrogen-bond donors (Lipinski definition) is 0. The largest absolute Gasteiger partial charge is 0.497 e. The highest BCUT2D eigenvalue weighted by Gasteiger charge is 2.38. The lowest BCUT2D eigenvalue weighted by atomic mass is 10.1. The normalized spacial score (nSPS) is 16.8. The Bertz CT molecular complexity index is 764. The molecule has 2 amide bonds. The second-order valence-corrected chi connectivity index (χ2v) is 6.05. The molecule has 3 rings (SSSR count). The summed E-state index contributed by atoms with van der Waals surface area (Å²) in [6.07, 6.45) is 2.17. The lowest BCUT2D eigenvalue weighted by Crippen LogP contribution is -2.37. The fourth-order valence-electron chi connectivity index (χ4n) is 3.03. The number of ether oxygens (including phenoxy) is 1. The zero-order chi connectivity index (χ0) is 17.8. The van der Waals surface area contributed by atoms with E-state index in [-0.39, 0.29) is 11.8 Å². The highest BCUT2D eigenvalue weighted by molar-refractivity contribution is 6.09.